The smallest absolute Gasteiger partial charge is 0.227 e. The summed E-state index contributed by atoms with van der Waals surface area (Å²) in [5.74, 6) is -0.0815. The summed E-state index contributed by atoms with van der Waals surface area (Å²) >= 11 is 0. The average molecular weight is 429 g/mol. The van der Waals surface area contributed by atoms with Crippen molar-refractivity contribution in [2.75, 3.05) is 12.3 Å². The number of nitrogen functional groups attached to an aromatic ring is 1. The Bertz CT molecular complexity index is 1270. The normalized spacial score (nSPS) is 16.4. The van der Waals surface area contributed by atoms with Gasteiger partial charge in [-0.15, -0.1) is 0 Å². The lowest BCUT2D eigenvalue weighted by atomic mass is 9.93. The first-order valence-electron chi connectivity index (χ1n) is 10.8. The van der Waals surface area contributed by atoms with E-state index in [1.54, 1.807) is 18.3 Å². The fourth-order valence-electron chi connectivity index (χ4n) is 4.57. The van der Waals surface area contributed by atoms with Gasteiger partial charge in [0.25, 0.3) is 0 Å². The van der Waals surface area contributed by atoms with Crippen molar-refractivity contribution in [3.63, 3.8) is 0 Å². The van der Waals surface area contributed by atoms with Crippen molar-refractivity contribution in [2.24, 2.45) is 0 Å². The summed E-state index contributed by atoms with van der Waals surface area (Å²) < 4.78 is 13.5. The standard InChI is InChI=1S/C25H24FN5O/c26-18-10-8-16(9-11-18)20-15-29-25(27)30-24(20)22-7-3-4-12-31(22)23(32)13-17-14-28-21-6-2-1-5-19(17)21/h1-2,5-6,8-11,14-15,22,28H,3-4,7,12-13H2,(H2,27,29,30). The Labute approximate surface area is 185 Å². The second-order valence-electron chi connectivity index (χ2n) is 8.17. The highest BCUT2D eigenvalue weighted by Crippen LogP contribution is 2.36. The van der Waals surface area contributed by atoms with Gasteiger partial charge in [-0.2, -0.15) is 0 Å². The number of benzene rings is 2. The zero-order valence-electron chi connectivity index (χ0n) is 17.6. The number of nitrogens with one attached hydrogen (secondary N) is 1. The molecule has 3 N–H and O–H groups in total. The summed E-state index contributed by atoms with van der Waals surface area (Å²) in [6, 6.07) is 14.0. The molecule has 0 saturated carbocycles. The number of hydrogen-bond acceptors (Lipinski definition) is 4. The van der Waals surface area contributed by atoms with Crippen LogP contribution in [0.5, 0.6) is 0 Å². The summed E-state index contributed by atoms with van der Waals surface area (Å²) in [5, 5.41) is 1.06. The fourth-order valence-corrected chi connectivity index (χ4v) is 4.57. The van der Waals surface area contributed by atoms with Crippen LogP contribution in [0.15, 0.2) is 60.9 Å². The molecule has 2 aromatic heterocycles. The molecule has 2 aromatic carbocycles. The molecule has 5 rings (SSSR count). The van der Waals surface area contributed by atoms with E-state index in [2.05, 4.69) is 15.0 Å². The number of amides is 1. The fraction of sp³-hybridized carbons (Fsp3) is 0.240. The van der Waals surface area contributed by atoms with Crippen LogP contribution >= 0.6 is 0 Å². The molecule has 0 bridgehead atoms. The number of nitrogens with zero attached hydrogens (tertiary/aromatic N) is 3. The molecule has 0 spiro atoms. The average Bonchev–Trinajstić information content (AvgIpc) is 3.22. The third kappa shape index (κ3) is 3.82. The molecule has 1 aliphatic rings. The van der Waals surface area contributed by atoms with Crippen molar-refractivity contribution in [3.8, 4) is 11.1 Å². The number of anilines is 1. The van der Waals surface area contributed by atoms with E-state index < -0.39 is 0 Å². The number of fused-ring (bicyclic) bond motifs is 1. The molecule has 32 heavy (non-hydrogen) atoms. The van der Waals surface area contributed by atoms with Crippen molar-refractivity contribution in [1.29, 1.82) is 0 Å². The number of H-pyrrole nitrogens is 1. The van der Waals surface area contributed by atoms with Gasteiger partial charge in [-0.3, -0.25) is 4.79 Å². The molecule has 1 atom stereocenters. The molecule has 1 fully saturated rings. The number of halogens is 1. The summed E-state index contributed by atoms with van der Waals surface area (Å²) in [6.07, 6.45) is 6.63. The van der Waals surface area contributed by atoms with Gasteiger partial charge in [-0.25, -0.2) is 14.4 Å². The van der Waals surface area contributed by atoms with E-state index in [0.717, 1.165) is 52.5 Å². The van der Waals surface area contributed by atoms with Crippen molar-refractivity contribution in [2.45, 2.75) is 31.7 Å². The third-order valence-electron chi connectivity index (χ3n) is 6.15. The van der Waals surface area contributed by atoms with Gasteiger partial charge < -0.3 is 15.6 Å². The highest BCUT2D eigenvalue weighted by atomic mass is 19.1. The van der Waals surface area contributed by atoms with Crippen LogP contribution in [0.4, 0.5) is 10.3 Å². The van der Waals surface area contributed by atoms with Crippen molar-refractivity contribution < 1.29 is 9.18 Å². The van der Waals surface area contributed by atoms with Gasteiger partial charge in [0.2, 0.25) is 11.9 Å². The number of nitrogens with two attached hydrogens (primary N) is 1. The molecule has 1 unspecified atom stereocenters. The Morgan fingerprint density at radius 3 is 2.81 bits per heavy atom. The number of hydrogen-bond donors (Lipinski definition) is 2. The van der Waals surface area contributed by atoms with Crippen LogP contribution in [0.1, 0.15) is 36.6 Å². The predicted molar refractivity (Wildman–Crippen MR) is 122 cm³/mol. The lowest BCUT2D eigenvalue weighted by Crippen LogP contribution is -2.40. The molecule has 1 amide bonds. The first-order valence-corrected chi connectivity index (χ1v) is 10.8. The van der Waals surface area contributed by atoms with E-state index in [4.69, 9.17) is 5.73 Å². The van der Waals surface area contributed by atoms with E-state index in [1.807, 2.05) is 35.4 Å². The highest BCUT2D eigenvalue weighted by molar-refractivity contribution is 5.89. The van der Waals surface area contributed by atoms with Gasteiger partial charge >= 0.3 is 0 Å². The van der Waals surface area contributed by atoms with Crippen molar-refractivity contribution >= 4 is 22.8 Å². The van der Waals surface area contributed by atoms with Crippen LogP contribution in [0, 0.1) is 5.82 Å². The third-order valence-corrected chi connectivity index (χ3v) is 6.15. The second-order valence-corrected chi connectivity index (χ2v) is 8.17. The van der Waals surface area contributed by atoms with Gasteiger partial charge in [0, 0.05) is 35.4 Å². The zero-order chi connectivity index (χ0) is 22.1. The maximum absolute atomic E-state index is 13.5. The van der Waals surface area contributed by atoms with Gasteiger partial charge in [0.15, 0.2) is 0 Å². The number of rotatable bonds is 4. The molecule has 1 saturated heterocycles. The molecule has 0 aliphatic carbocycles. The number of para-hydroxylation sites is 1. The number of piperidine rings is 1. The molecule has 6 nitrogen and oxygen atoms in total. The molecule has 3 heterocycles. The number of carbonyl (C=O) groups is 1. The molecule has 1 aliphatic heterocycles. The van der Waals surface area contributed by atoms with E-state index in [9.17, 15) is 9.18 Å². The highest BCUT2D eigenvalue weighted by Gasteiger charge is 2.31. The lowest BCUT2D eigenvalue weighted by Gasteiger charge is -2.36. The molecule has 4 aromatic rings. The number of aromatic nitrogens is 3. The van der Waals surface area contributed by atoms with Crippen molar-refractivity contribution in [1.82, 2.24) is 19.9 Å². The largest absolute Gasteiger partial charge is 0.368 e. The predicted octanol–water partition coefficient (Wildman–Crippen LogP) is 4.64. The van der Waals surface area contributed by atoms with Crippen LogP contribution < -0.4 is 5.73 Å². The molecule has 0 radical (unpaired) electrons. The van der Waals surface area contributed by atoms with Crippen LogP contribution in [-0.4, -0.2) is 32.3 Å². The van der Waals surface area contributed by atoms with Gasteiger partial charge in [0.1, 0.15) is 5.82 Å². The first kappa shape index (κ1) is 20.2. The molecule has 162 valence electrons. The van der Waals surface area contributed by atoms with E-state index in [0.29, 0.717) is 13.0 Å². The zero-order valence-corrected chi connectivity index (χ0v) is 17.6. The SMILES string of the molecule is Nc1ncc(-c2ccc(F)cc2)c(C2CCCCN2C(=O)Cc2c[nH]c3ccccc23)n1. The maximum atomic E-state index is 13.5. The quantitative estimate of drug-likeness (QED) is 0.495. The monoisotopic (exact) mass is 429 g/mol. The number of carbonyl (C=O) groups excluding carboxylic acids is 1. The summed E-state index contributed by atoms with van der Waals surface area (Å²) in [7, 11) is 0. The number of likely N-dealkylation sites (tertiary alicyclic amines) is 1. The summed E-state index contributed by atoms with van der Waals surface area (Å²) in [5.41, 5.74) is 10.2. The Balaban J connectivity index is 1.49. The molecule has 7 heteroatoms. The minimum atomic E-state index is -0.306. The second kappa shape index (κ2) is 8.42. The van der Waals surface area contributed by atoms with Gasteiger partial charge in [-0.1, -0.05) is 30.3 Å². The number of aromatic amines is 1. The molecular formula is C25H24FN5O. The van der Waals surface area contributed by atoms with Crippen LogP contribution in [0.25, 0.3) is 22.0 Å². The summed E-state index contributed by atoms with van der Waals surface area (Å²) in [6.45, 7) is 0.665. The minimum absolute atomic E-state index is 0.0571. The van der Waals surface area contributed by atoms with E-state index in [-0.39, 0.29) is 23.7 Å². The Hall–Kier alpha value is -3.74. The van der Waals surface area contributed by atoms with E-state index in [1.165, 1.54) is 12.1 Å². The van der Waals surface area contributed by atoms with Crippen molar-refractivity contribution in [3.05, 3.63) is 78.0 Å². The maximum Gasteiger partial charge on any atom is 0.227 e. The Kier molecular flexibility index (Phi) is 5.31. The lowest BCUT2D eigenvalue weighted by molar-refractivity contribution is -0.134. The Morgan fingerprint density at radius 1 is 1.16 bits per heavy atom. The van der Waals surface area contributed by atoms with Crippen LogP contribution in [-0.2, 0) is 11.2 Å². The topological polar surface area (TPSA) is 87.9 Å². The Morgan fingerprint density at radius 2 is 1.97 bits per heavy atom. The van der Waals surface area contributed by atoms with Gasteiger partial charge in [-0.05, 0) is 48.6 Å². The van der Waals surface area contributed by atoms with E-state index >= 15 is 0 Å². The van der Waals surface area contributed by atoms with Crippen LogP contribution in [0.3, 0.4) is 0 Å². The first-order chi connectivity index (χ1) is 15.6. The van der Waals surface area contributed by atoms with Gasteiger partial charge in [0.05, 0.1) is 18.2 Å². The summed E-state index contributed by atoms with van der Waals surface area (Å²) in [4.78, 5) is 27.3. The van der Waals surface area contributed by atoms with Crippen LogP contribution in [0.2, 0.25) is 0 Å². The minimum Gasteiger partial charge on any atom is -0.368 e. The molecular weight excluding hydrogens is 405 g/mol.